The van der Waals surface area contributed by atoms with Crippen molar-refractivity contribution in [3.63, 3.8) is 0 Å². The lowest BCUT2D eigenvalue weighted by Gasteiger charge is -2.36. The van der Waals surface area contributed by atoms with Crippen molar-refractivity contribution in [2.45, 2.75) is 17.8 Å². The summed E-state index contributed by atoms with van der Waals surface area (Å²) in [6, 6.07) is 3.76. The summed E-state index contributed by atoms with van der Waals surface area (Å²) in [6.07, 6.45) is -6.55. The maximum absolute atomic E-state index is 14.2. The van der Waals surface area contributed by atoms with Gasteiger partial charge in [-0.1, -0.05) is 11.8 Å². The van der Waals surface area contributed by atoms with Gasteiger partial charge in [0.2, 0.25) is 0 Å². The fourth-order valence-electron chi connectivity index (χ4n) is 2.97. The molecule has 9 heteroatoms. The third-order valence-electron chi connectivity index (χ3n) is 3.96. The smallest absolute Gasteiger partial charge is 0.399 e. The molecule has 2 aliphatic rings. The van der Waals surface area contributed by atoms with Crippen molar-refractivity contribution in [3.05, 3.63) is 29.6 Å². The van der Waals surface area contributed by atoms with Gasteiger partial charge in [0.1, 0.15) is 11.4 Å². The van der Waals surface area contributed by atoms with E-state index in [1.165, 1.54) is 12.1 Å². The molecule has 0 saturated carbocycles. The minimum atomic E-state index is -4.55. The molecule has 0 radical (unpaired) electrons. The van der Waals surface area contributed by atoms with Crippen molar-refractivity contribution in [2.24, 2.45) is 16.6 Å². The summed E-state index contributed by atoms with van der Waals surface area (Å²) in [6.45, 7) is -0.385. The average Bonchev–Trinajstić information content (AvgIpc) is 2.80. The van der Waals surface area contributed by atoms with Gasteiger partial charge in [-0.3, -0.25) is 0 Å². The highest BCUT2D eigenvalue weighted by Crippen LogP contribution is 2.51. The first-order valence-electron chi connectivity index (χ1n) is 6.46. The van der Waals surface area contributed by atoms with Crippen LogP contribution in [-0.2, 0) is 10.3 Å². The molecule has 1 fully saturated rings. The highest BCUT2D eigenvalue weighted by atomic mass is 32.2. The molecule has 1 aromatic carbocycles. The molecule has 22 heavy (non-hydrogen) atoms. The van der Waals surface area contributed by atoms with E-state index >= 15 is 0 Å². The Kier molecular flexibility index (Phi) is 3.52. The highest BCUT2D eigenvalue weighted by molar-refractivity contribution is 8.13. The largest absolute Gasteiger partial charge is 0.415 e. The van der Waals surface area contributed by atoms with Gasteiger partial charge in [0.15, 0.2) is 11.3 Å². The van der Waals surface area contributed by atoms with Crippen LogP contribution >= 0.6 is 11.8 Å². The van der Waals surface area contributed by atoms with Crippen molar-refractivity contribution >= 4 is 22.6 Å². The Morgan fingerprint density at radius 2 is 2.05 bits per heavy atom. The van der Waals surface area contributed by atoms with Crippen LogP contribution in [0.1, 0.15) is 5.56 Å². The number of ether oxygens (including phenoxy) is 1. The number of nitrogens with two attached hydrogens (primary N) is 2. The molecule has 2 aliphatic heterocycles. The van der Waals surface area contributed by atoms with Gasteiger partial charge >= 0.3 is 6.18 Å². The summed E-state index contributed by atoms with van der Waals surface area (Å²) in [7, 11) is 0. The third kappa shape index (κ3) is 2.32. The van der Waals surface area contributed by atoms with Crippen molar-refractivity contribution < 1.29 is 22.3 Å². The number of hydrogen-bond donors (Lipinski definition) is 2. The standard InChI is InChI=1S/C13H13F4N3OS/c14-9-2-1-6(18)3-7(9)12-5-21-10(13(15,16)17)8(12)4-22-11(19)20-12/h1-3,8,10H,4-5,18H2,(H2,19,20)/t8?,10?,12-/m1/s1. The van der Waals surface area contributed by atoms with E-state index in [1.54, 1.807) is 0 Å². The Morgan fingerprint density at radius 3 is 2.73 bits per heavy atom. The molecule has 0 spiro atoms. The van der Waals surface area contributed by atoms with Crippen LogP contribution < -0.4 is 11.5 Å². The van der Waals surface area contributed by atoms with E-state index in [9.17, 15) is 17.6 Å². The Hall–Kier alpha value is -1.48. The first kappa shape index (κ1) is 15.4. The molecule has 0 bridgehead atoms. The summed E-state index contributed by atoms with van der Waals surface area (Å²) >= 11 is 1.01. The fourth-order valence-corrected chi connectivity index (χ4v) is 4.00. The summed E-state index contributed by atoms with van der Waals surface area (Å²) < 4.78 is 58.7. The summed E-state index contributed by atoms with van der Waals surface area (Å²) in [4.78, 5) is 4.15. The van der Waals surface area contributed by atoms with Gasteiger partial charge in [-0.25, -0.2) is 9.38 Å². The number of thioether (sulfide) groups is 1. The lowest BCUT2D eigenvalue weighted by Crippen LogP contribution is -2.46. The number of amidine groups is 1. The number of alkyl halides is 3. The molecule has 1 saturated heterocycles. The monoisotopic (exact) mass is 335 g/mol. The molecule has 0 aromatic heterocycles. The first-order valence-corrected chi connectivity index (χ1v) is 7.44. The predicted molar refractivity (Wildman–Crippen MR) is 75.9 cm³/mol. The molecule has 3 atom stereocenters. The number of nitrogen functional groups attached to an aromatic ring is 1. The number of rotatable bonds is 1. The normalized spacial score (nSPS) is 31.7. The summed E-state index contributed by atoms with van der Waals surface area (Å²) in [5.41, 5.74) is 10.1. The predicted octanol–water partition coefficient (Wildman–Crippen LogP) is 2.24. The van der Waals surface area contributed by atoms with Gasteiger partial charge in [0, 0.05) is 22.9 Å². The van der Waals surface area contributed by atoms with E-state index in [4.69, 9.17) is 16.2 Å². The lowest BCUT2D eigenvalue weighted by atomic mass is 9.78. The highest BCUT2D eigenvalue weighted by Gasteiger charge is 2.61. The fraction of sp³-hybridized carbons (Fsp3) is 0.462. The molecule has 1 aromatic rings. The molecule has 120 valence electrons. The van der Waals surface area contributed by atoms with Crippen LogP contribution in [0.25, 0.3) is 0 Å². The number of benzene rings is 1. The molecule has 4 N–H and O–H groups in total. The zero-order valence-corrected chi connectivity index (χ0v) is 12.0. The van der Waals surface area contributed by atoms with Crippen LogP contribution in [0.2, 0.25) is 0 Å². The summed E-state index contributed by atoms with van der Waals surface area (Å²) in [5, 5.41) is 0.115. The number of halogens is 4. The third-order valence-corrected chi connectivity index (χ3v) is 4.87. The van der Waals surface area contributed by atoms with Crippen LogP contribution in [0.5, 0.6) is 0 Å². The van der Waals surface area contributed by atoms with Crippen LogP contribution in [0.4, 0.5) is 23.2 Å². The van der Waals surface area contributed by atoms with E-state index in [0.29, 0.717) is 0 Å². The molecule has 0 amide bonds. The molecular formula is C13H13F4N3OS. The maximum atomic E-state index is 14.2. The topological polar surface area (TPSA) is 73.6 Å². The van der Waals surface area contributed by atoms with Crippen LogP contribution in [0, 0.1) is 11.7 Å². The van der Waals surface area contributed by atoms with E-state index < -0.39 is 29.6 Å². The van der Waals surface area contributed by atoms with E-state index in [-0.39, 0.29) is 28.8 Å². The molecule has 2 unspecified atom stereocenters. The van der Waals surface area contributed by atoms with Crippen LogP contribution in [0.3, 0.4) is 0 Å². The lowest BCUT2D eigenvalue weighted by molar-refractivity contribution is -0.215. The molecule has 4 nitrogen and oxygen atoms in total. The Labute approximate surface area is 127 Å². The Bertz CT molecular complexity index is 636. The Morgan fingerprint density at radius 1 is 1.32 bits per heavy atom. The number of nitrogens with zero attached hydrogens (tertiary/aromatic N) is 1. The average molecular weight is 335 g/mol. The van der Waals surface area contributed by atoms with Crippen LogP contribution in [-0.4, -0.2) is 29.8 Å². The molecule has 0 aliphatic carbocycles. The number of hydrogen-bond acceptors (Lipinski definition) is 5. The maximum Gasteiger partial charge on any atom is 0.415 e. The van der Waals surface area contributed by atoms with Crippen molar-refractivity contribution in [1.82, 2.24) is 0 Å². The molecule has 3 rings (SSSR count). The second kappa shape index (κ2) is 5.02. The summed E-state index contributed by atoms with van der Waals surface area (Å²) in [5.74, 6) is -1.68. The second-order valence-corrected chi connectivity index (χ2v) is 6.34. The van der Waals surface area contributed by atoms with E-state index in [1.807, 2.05) is 0 Å². The van der Waals surface area contributed by atoms with Gasteiger partial charge in [-0.05, 0) is 18.2 Å². The van der Waals surface area contributed by atoms with Gasteiger partial charge in [-0.15, -0.1) is 0 Å². The zero-order chi connectivity index (χ0) is 16.1. The number of anilines is 1. The van der Waals surface area contributed by atoms with E-state index in [0.717, 1.165) is 17.8 Å². The second-order valence-electron chi connectivity index (χ2n) is 5.30. The number of fused-ring (bicyclic) bond motifs is 1. The van der Waals surface area contributed by atoms with Crippen LogP contribution in [0.15, 0.2) is 23.2 Å². The van der Waals surface area contributed by atoms with Crippen molar-refractivity contribution in [1.29, 1.82) is 0 Å². The minimum Gasteiger partial charge on any atom is -0.399 e. The van der Waals surface area contributed by atoms with Gasteiger partial charge < -0.3 is 16.2 Å². The van der Waals surface area contributed by atoms with Crippen molar-refractivity contribution in [2.75, 3.05) is 18.1 Å². The van der Waals surface area contributed by atoms with Crippen molar-refractivity contribution in [3.8, 4) is 0 Å². The molecular weight excluding hydrogens is 322 g/mol. The first-order chi connectivity index (χ1) is 10.2. The van der Waals surface area contributed by atoms with E-state index in [2.05, 4.69) is 4.99 Å². The SMILES string of the molecule is NC1=N[C@@]2(c3cc(N)ccc3F)COC(C(F)(F)F)C2CS1. The minimum absolute atomic E-state index is 0.00694. The quantitative estimate of drug-likeness (QED) is 0.610. The van der Waals surface area contributed by atoms with Gasteiger partial charge in [-0.2, -0.15) is 13.2 Å². The van der Waals surface area contributed by atoms with Gasteiger partial charge in [0.05, 0.1) is 6.61 Å². The molecule has 2 heterocycles. The Balaban J connectivity index is 2.15. The number of aliphatic imine (C=N–C) groups is 1. The zero-order valence-electron chi connectivity index (χ0n) is 11.2. The van der Waals surface area contributed by atoms with Gasteiger partial charge in [0.25, 0.3) is 0 Å².